The fourth-order valence-electron chi connectivity index (χ4n) is 6.33. The van der Waals surface area contributed by atoms with Crippen LogP contribution in [0.2, 0.25) is 0 Å². The number of nitrogens with zero attached hydrogens (tertiary/aromatic N) is 2. The monoisotopic (exact) mass is 578 g/mol. The standard InChI is InChI=1S/C41H26N2O2/c1-3-10-28(11-4-1)41-42-37-25-20-29-26-32(23-24-34(29)40(37)45-41)43(30-12-5-2-6-13-30)31-21-18-27(19-22-31)33-15-9-16-36-35-14-7-8-17-38(35)44-39(33)36/h1-26H. The second kappa shape index (κ2) is 10.2. The van der Waals surface area contributed by atoms with Crippen molar-refractivity contribution in [2.45, 2.75) is 0 Å². The molecule has 0 radical (unpaired) electrons. The van der Waals surface area contributed by atoms with E-state index in [-0.39, 0.29) is 0 Å². The fourth-order valence-corrected chi connectivity index (χ4v) is 6.33. The van der Waals surface area contributed by atoms with E-state index in [0.717, 1.165) is 77.6 Å². The van der Waals surface area contributed by atoms with Gasteiger partial charge in [0.15, 0.2) is 5.58 Å². The molecule has 0 atom stereocenters. The topological polar surface area (TPSA) is 42.4 Å². The van der Waals surface area contributed by atoms with E-state index in [4.69, 9.17) is 13.8 Å². The van der Waals surface area contributed by atoms with Crippen LogP contribution in [0.4, 0.5) is 17.1 Å². The number of oxazole rings is 1. The molecule has 2 heterocycles. The minimum atomic E-state index is 0.631. The maximum absolute atomic E-state index is 6.33. The van der Waals surface area contributed by atoms with Crippen molar-refractivity contribution in [2.24, 2.45) is 0 Å². The fraction of sp³-hybridized carbons (Fsp3) is 0. The SMILES string of the molecule is c1ccc(-c2nc3ccc4cc(N(c5ccccc5)c5ccc(-c6cccc7c6oc6ccccc67)cc5)ccc4c3o2)cc1. The third-order valence-electron chi connectivity index (χ3n) is 8.49. The Morgan fingerprint density at radius 1 is 0.444 bits per heavy atom. The zero-order valence-corrected chi connectivity index (χ0v) is 24.2. The van der Waals surface area contributed by atoms with Crippen LogP contribution in [0.5, 0.6) is 0 Å². The number of anilines is 3. The number of furan rings is 1. The molecule has 0 bridgehead atoms. The van der Waals surface area contributed by atoms with Crippen molar-refractivity contribution in [1.29, 1.82) is 0 Å². The van der Waals surface area contributed by atoms with Crippen LogP contribution in [-0.4, -0.2) is 4.98 Å². The highest BCUT2D eigenvalue weighted by Gasteiger charge is 2.17. The molecular weight excluding hydrogens is 552 g/mol. The van der Waals surface area contributed by atoms with Crippen LogP contribution in [0.1, 0.15) is 0 Å². The smallest absolute Gasteiger partial charge is 0.227 e. The maximum atomic E-state index is 6.33. The summed E-state index contributed by atoms with van der Waals surface area (Å²) in [5.74, 6) is 0.631. The summed E-state index contributed by atoms with van der Waals surface area (Å²) in [6, 6.07) is 54.5. The Bertz CT molecular complexity index is 2480. The van der Waals surface area contributed by atoms with Gasteiger partial charge >= 0.3 is 0 Å². The molecule has 2 aromatic heterocycles. The third kappa shape index (κ3) is 4.27. The van der Waals surface area contributed by atoms with Crippen molar-refractivity contribution in [3.05, 3.63) is 158 Å². The summed E-state index contributed by atoms with van der Waals surface area (Å²) in [5.41, 5.74) is 9.82. The summed E-state index contributed by atoms with van der Waals surface area (Å²) in [4.78, 5) is 7.05. The molecule has 0 saturated heterocycles. The van der Waals surface area contributed by atoms with Crippen molar-refractivity contribution >= 4 is 60.9 Å². The summed E-state index contributed by atoms with van der Waals surface area (Å²) in [6.07, 6.45) is 0. The molecular formula is C41H26N2O2. The lowest BCUT2D eigenvalue weighted by Crippen LogP contribution is -2.09. The van der Waals surface area contributed by atoms with Gasteiger partial charge in [-0.05, 0) is 77.7 Å². The molecule has 0 amide bonds. The van der Waals surface area contributed by atoms with E-state index >= 15 is 0 Å². The highest BCUT2D eigenvalue weighted by atomic mass is 16.3. The van der Waals surface area contributed by atoms with Crippen LogP contribution in [-0.2, 0) is 0 Å². The molecule has 0 aliphatic carbocycles. The van der Waals surface area contributed by atoms with Crippen LogP contribution in [0.15, 0.2) is 167 Å². The van der Waals surface area contributed by atoms with Crippen molar-refractivity contribution in [3.63, 3.8) is 0 Å². The first-order valence-corrected chi connectivity index (χ1v) is 15.0. The predicted molar refractivity (Wildman–Crippen MR) is 184 cm³/mol. The van der Waals surface area contributed by atoms with Gasteiger partial charge in [-0.25, -0.2) is 4.98 Å². The lowest BCUT2D eigenvalue weighted by molar-refractivity contribution is 0.623. The first-order valence-electron chi connectivity index (χ1n) is 15.0. The normalized spacial score (nSPS) is 11.6. The highest BCUT2D eigenvalue weighted by Crippen LogP contribution is 2.40. The van der Waals surface area contributed by atoms with Crippen LogP contribution in [0, 0.1) is 0 Å². The van der Waals surface area contributed by atoms with E-state index in [0.29, 0.717) is 5.89 Å². The van der Waals surface area contributed by atoms with Gasteiger partial charge in [0.25, 0.3) is 0 Å². The van der Waals surface area contributed by atoms with Gasteiger partial charge in [0.05, 0.1) is 0 Å². The van der Waals surface area contributed by atoms with Crippen molar-refractivity contribution in [2.75, 3.05) is 4.90 Å². The minimum Gasteiger partial charge on any atom is -0.455 e. The van der Waals surface area contributed by atoms with E-state index in [9.17, 15) is 0 Å². The molecule has 0 aliphatic heterocycles. The molecule has 4 nitrogen and oxygen atoms in total. The van der Waals surface area contributed by atoms with Crippen LogP contribution in [0.3, 0.4) is 0 Å². The molecule has 0 unspecified atom stereocenters. The molecule has 9 rings (SSSR count). The Balaban J connectivity index is 1.13. The summed E-state index contributed by atoms with van der Waals surface area (Å²) < 4.78 is 12.6. The molecule has 0 saturated carbocycles. The Hall–Kier alpha value is -6.13. The number of rotatable bonds is 5. The Labute approximate surface area is 259 Å². The first kappa shape index (κ1) is 25.4. The largest absolute Gasteiger partial charge is 0.455 e. The van der Waals surface area contributed by atoms with Crippen LogP contribution < -0.4 is 4.90 Å². The third-order valence-corrected chi connectivity index (χ3v) is 8.49. The van der Waals surface area contributed by atoms with Crippen molar-refractivity contribution in [3.8, 4) is 22.6 Å². The van der Waals surface area contributed by atoms with Gasteiger partial charge < -0.3 is 13.7 Å². The summed E-state index contributed by atoms with van der Waals surface area (Å²) in [6.45, 7) is 0. The first-order chi connectivity index (χ1) is 22.3. The average molecular weight is 579 g/mol. The average Bonchev–Trinajstić information content (AvgIpc) is 3.72. The Morgan fingerprint density at radius 3 is 2.00 bits per heavy atom. The van der Waals surface area contributed by atoms with E-state index in [1.54, 1.807) is 0 Å². The molecule has 0 aliphatic rings. The molecule has 0 N–H and O–H groups in total. The number of hydrogen-bond acceptors (Lipinski definition) is 4. The zero-order valence-electron chi connectivity index (χ0n) is 24.2. The van der Waals surface area contributed by atoms with Gasteiger partial charge in [-0.2, -0.15) is 0 Å². The van der Waals surface area contributed by atoms with Gasteiger partial charge in [0.2, 0.25) is 5.89 Å². The second-order valence-electron chi connectivity index (χ2n) is 11.2. The minimum absolute atomic E-state index is 0.631. The number of aromatic nitrogens is 1. The number of para-hydroxylation sites is 3. The summed E-state index contributed by atoms with van der Waals surface area (Å²) in [5, 5.41) is 4.39. The van der Waals surface area contributed by atoms with E-state index in [1.165, 1.54) is 0 Å². The van der Waals surface area contributed by atoms with Gasteiger partial charge in [-0.1, -0.05) is 91.0 Å². The molecule has 45 heavy (non-hydrogen) atoms. The van der Waals surface area contributed by atoms with E-state index in [1.807, 2.05) is 54.6 Å². The molecule has 0 fully saturated rings. The Kier molecular flexibility index (Phi) is 5.78. The number of fused-ring (bicyclic) bond motifs is 6. The molecule has 7 aromatic carbocycles. The van der Waals surface area contributed by atoms with E-state index < -0.39 is 0 Å². The lowest BCUT2D eigenvalue weighted by Gasteiger charge is -2.26. The number of benzene rings is 7. The maximum Gasteiger partial charge on any atom is 0.227 e. The van der Waals surface area contributed by atoms with Gasteiger partial charge in [-0.3, -0.25) is 0 Å². The van der Waals surface area contributed by atoms with Crippen molar-refractivity contribution < 1.29 is 8.83 Å². The number of hydrogen-bond donors (Lipinski definition) is 0. The Morgan fingerprint density at radius 2 is 1.16 bits per heavy atom. The highest BCUT2D eigenvalue weighted by molar-refractivity contribution is 6.09. The van der Waals surface area contributed by atoms with Gasteiger partial charge in [0.1, 0.15) is 16.7 Å². The van der Waals surface area contributed by atoms with E-state index in [2.05, 4.69) is 108 Å². The summed E-state index contributed by atoms with van der Waals surface area (Å²) in [7, 11) is 0. The van der Waals surface area contributed by atoms with Crippen molar-refractivity contribution in [1.82, 2.24) is 4.98 Å². The molecule has 212 valence electrons. The molecule has 9 aromatic rings. The second-order valence-corrected chi connectivity index (χ2v) is 11.2. The van der Waals surface area contributed by atoms with Crippen LogP contribution >= 0.6 is 0 Å². The molecule has 4 heteroatoms. The van der Waals surface area contributed by atoms with Gasteiger partial charge in [0, 0.05) is 44.3 Å². The predicted octanol–water partition coefficient (Wildman–Crippen LogP) is 11.7. The molecule has 0 spiro atoms. The quantitative estimate of drug-likeness (QED) is 0.204. The van der Waals surface area contributed by atoms with Crippen LogP contribution in [0.25, 0.3) is 66.4 Å². The van der Waals surface area contributed by atoms with Gasteiger partial charge in [-0.15, -0.1) is 0 Å². The lowest BCUT2D eigenvalue weighted by atomic mass is 10.0. The summed E-state index contributed by atoms with van der Waals surface area (Å²) >= 11 is 0. The zero-order chi connectivity index (χ0) is 29.7.